The van der Waals surface area contributed by atoms with Crippen LogP contribution in [-0.2, 0) is 18.3 Å². The summed E-state index contributed by atoms with van der Waals surface area (Å²) in [5, 5.41) is 2.68. The molecule has 0 amide bonds. The third-order valence-corrected chi connectivity index (χ3v) is 15.7. The molecule has 0 N–H and O–H groups in total. The minimum Gasteiger partial charge on any atom is -0.310 e. The molecule has 0 unspecified atom stereocenters. The van der Waals surface area contributed by atoms with Gasteiger partial charge in [0.2, 0.25) is 0 Å². The van der Waals surface area contributed by atoms with Crippen molar-refractivity contribution in [3.63, 3.8) is 0 Å². The highest BCUT2D eigenvalue weighted by atomic mass is 15.1. The molecule has 0 saturated carbocycles. The average molecular weight is 963 g/mol. The molecule has 1 heterocycles. The molecule has 2 nitrogen and oxygen atoms in total. The van der Waals surface area contributed by atoms with Gasteiger partial charge in [-0.25, -0.2) is 0 Å². The number of aromatic nitrogens is 1. The number of rotatable bonds is 13. The van der Waals surface area contributed by atoms with Crippen LogP contribution in [0.5, 0.6) is 0 Å². The molecule has 0 fully saturated rings. The number of nitrogens with zero attached hydrogens (tertiary/aromatic N) is 2. The minimum absolute atomic E-state index is 0.517. The van der Waals surface area contributed by atoms with Gasteiger partial charge in [0.05, 0.1) is 22.1 Å². The summed E-state index contributed by atoms with van der Waals surface area (Å²) in [6, 6.07) is 99.3. The van der Waals surface area contributed by atoms with E-state index >= 15 is 0 Å². The van der Waals surface area contributed by atoms with E-state index in [0.717, 1.165) is 42.7 Å². The molecule has 0 atom stereocenters. The van der Waals surface area contributed by atoms with Crippen LogP contribution >= 0.6 is 0 Å². The van der Waals surface area contributed by atoms with Crippen LogP contribution in [0, 0.1) is 0 Å². The standard InChI is InChI=1S/C73H58N2/c1-3-18-51-30-46-71-66(48-51)67-49-52(19-4-2)31-47-72(67)75(71)61-42-38-56(39-43-61)54-34-32-53(33-35-54)55-36-40-60(41-37-55)74(70-29-17-15-26-63(70)57-20-8-5-9-21-57)62-44-45-65-64-27-14-16-28-68(64)73(69(65)50-62,58-22-10-6-11-23-58)59-24-12-7-13-25-59/h5-17,20-50H,3-4,18-19H2,1-2H3. The molecule has 2 heteroatoms. The molecule has 0 bridgehead atoms. The number of aryl methyl sites for hydroxylation is 2. The van der Waals surface area contributed by atoms with E-state index in [1.807, 2.05) is 0 Å². The van der Waals surface area contributed by atoms with Crippen LogP contribution < -0.4 is 4.90 Å². The number of para-hydroxylation sites is 1. The zero-order valence-corrected chi connectivity index (χ0v) is 42.6. The lowest BCUT2D eigenvalue weighted by atomic mass is 9.67. The smallest absolute Gasteiger partial charge is 0.0714 e. The second-order valence-corrected chi connectivity index (χ2v) is 20.2. The highest BCUT2D eigenvalue weighted by Gasteiger charge is 2.46. The Balaban J connectivity index is 0.864. The maximum atomic E-state index is 2.46. The molecule has 1 aliphatic carbocycles. The summed E-state index contributed by atoms with van der Waals surface area (Å²) in [6.07, 6.45) is 4.47. The molecule has 0 spiro atoms. The normalized spacial score (nSPS) is 12.5. The number of hydrogen-bond donors (Lipinski definition) is 0. The zero-order chi connectivity index (χ0) is 50.3. The lowest BCUT2D eigenvalue weighted by molar-refractivity contribution is 0.768. The van der Waals surface area contributed by atoms with Crippen molar-refractivity contribution < 1.29 is 0 Å². The molecule has 11 aromatic carbocycles. The van der Waals surface area contributed by atoms with Crippen LogP contribution in [0.4, 0.5) is 17.1 Å². The van der Waals surface area contributed by atoms with Crippen molar-refractivity contribution in [3.8, 4) is 50.2 Å². The van der Waals surface area contributed by atoms with E-state index in [9.17, 15) is 0 Å². The summed E-state index contributed by atoms with van der Waals surface area (Å²) in [4.78, 5) is 2.45. The first-order chi connectivity index (χ1) is 37.1. The molecule has 0 aliphatic heterocycles. The highest BCUT2D eigenvalue weighted by Crippen LogP contribution is 2.57. The summed E-state index contributed by atoms with van der Waals surface area (Å²) < 4.78 is 2.44. The third kappa shape index (κ3) is 7.97. The Kier molecular flexibility index (Phi) is 11.9. The van der Waals surface area contributed by atoms with Gasteiger partial charge in [0.1, 0.15) is 0 Å². The topological polar surface area (TPSA) is 8.17 Å². The zero-order valence-electron chi connectivity index (χ0n) is 42.6. The first-order valence-electron chi connectivity index (χ1n) is 26.8. The predicted octanol–water partition coefficient (Wildman–Crippen LogP) is 19.5. The second-order valence-electron chi connectivity index (χ2n) is 20.2. The van der Waals surface area contributed by atoms with Crippen LogP contribution in [0.15, 0.2) is 267 Å². The van der Waals surface area contributed by atoms with Gasteiger partial charge in [-0.1, -0.05) is 227 Å². The van der Waals surface area contributed by atoms with Gasteiger partial charge in [-0.05, 0) is 152 Å². The van der Waals surface area contributed by atoms with Gasteiger partial charge in [-0.15, -0.1) is 0 Å². The third-order valence-electron chi connectivity index (χ3n) is 15.7. The summed E-state index contributed by atoms with van der Waals surface area (Å²) in [5.41, 5.74) is 24.0. The van der Waals surface area contributed by atoms with Gasteiger partial charge in [-0.2, -0.15) is 0 Å². The Bertz CT molecular complexity index is 3880. The lowest BCUT2D eigenvalue weighted by Crippen LogP contribution is -2.28. The number of benzene rings is 11. The van der Waals surface area contributed by atoms with Gasteiger partial charge in [0.15, 0.2) is 0 Å². The highest BCUT2D eigenvalue weighted by molar-refractivity contribution is 6.10. The molecule has 13 rings (SSSR count). The Labute approximate surface area is 441 Å². The van der Waals surface area contributed by atoms with Crippen LogP contribution in [0.3, 0.4) is 0 Å². The fraction of sp³-hybridized carbons (Fsp3) is 0.0959. The van der Waals surface area contributed by atoms with Gasteiger partial charge >= 0.3 is 0 Å². The maximum absolute atomic E-state index is 2.46. The van der Waals surface area contributed by atoms with Crippen molar-refractivity contribution in [1.82, 2.24) is 4.57 Å². The molecular weight excluding hydrogens is 905 g/mol. The Morgan fingerprint density at radius 2 is 0.800 bits per heavy atom. The van der Waals surface area contributed by atoms with E-state index in [-0.39, 0.29) is 0 Å². The van der Waals surface area contributed by atoms with E-state index in [1.54, 1.807) is 0 Å². The molecule has 0 radical (unpaired) electrons. The monoisotopic (exact) mass is 962 g/mol. The van der Waals surface area contributed by atoms with E-state index < -0.39 is 5.41 Å². The van der Waals surface area contributed by atoms with E-state index in [2.05, 4.69) is 290 Å². The minimum atomic E-state index is -0.517. The van der Waals surface area contributed by atoms with Crippen LogP contribution in [0.1, 0.15) is 60.1 Å². The van der Waals surface area contributed by atoms with Crippen LogP contribution in [0.2, 0.25) is 0 Å². The number of fused-ring (bicyclic) bond motifs is 6. The lowest BCUT2D eigenvalue weighted by Gasteiger charge is -2.35. The maximum Gasteiger partial charge on any atom is 0.0714 e. The average Bonchev–Trinajstić information content (AvgIpc) is 4.01. The number of anilines is 3. The Morgan fingerprint density at radius 1 is 0.347 bits per heavy atom. The van der Waals surface area contributed by atoms with Gasteiger partial charge in [-0.3, -0.25) is 0 Å². The van der Waals surface area contributed by atoms with Crippen LogP contribution in [-0.4, -0.2) is 4.57 Å². The Hall–Kier alpha value is -8.98. The summed E-state index contributed by atoms with van der Waals surface area (Å²) >= 11 is 0. The van der Waals surface area contributed by atoms with E-state index in [4.69, 9.17) is 0 Å². The van der Waals surface area contributed by atoms with E-state index in [1.165, 1.54) is 105 Å². The fourth-order valence-electron chi connectivity index (χ4n) is 12.3. The predicted molar refractivity (Wildman–Crippen MR) is 317 cm³/mol. The molecule has 12 aromatic rings. The fourth-order valence-corrected chi connectivity index (χ4v) is 12.3. The summed E-state index contributed by atoms with van der Waals surface area (Å²) in [6.45, 7) is 4.52. The van der Waals surface area contributed by atoms with Crippen molar-refractivity contribution in [2.45, 2.75) is 44.9 Å². The van der Waals surface area contributed by atoms with Crippen molar-refractivity contribution in [3.05, 3.63) is 300 Å². The van der Waals surface area contributed by atoms with Crippen molar-refractivity contribution in [2.75, 3.05) is 4.90 Å². The van der Waals surface area contributed by atoms with Crippen molar-refractivity contribution >= 4 is 38.9 Å². The summed E-state index contributed by atoms with van der Waals surface area (Å²) in [5.74, 6) is 0. The first-order valence-corrected chi connectivity index (χ1v) is 26.8. The largest absolute Gasteiger partial charge is 0.310 e. The molecule has 1 aromatic heterocycles. The molecule has 0 saturated heterocycles. The number of hydrogen-bond acceptors (Lipinski definition) is 1. The second kappa shape index (κ2) is 19.5. The SMILES string of the molecule is CCCc1ccc2c(c1)c1cc(CCC)ccc1n2-c1ccc(-c2ccc(-c3ccc(N(c4ccc5c(c4)C(c4ccccc4)(c4ccccc4)c4ccccc4-5)c4ccccc4-c4ccccc4)cc3)cc2)cc1. The quantitative estimate of drug-likeness (QED) is 0.112. The summed E-state index contributed by atoms with van der Waals surface area (Å²) in [7, 11) is 0. The van der Waals surface area contributed by atoms with E-state index in [0.29, 0.717) is 0 Å². The van der Waals surface area contributed by atoms with Crippen molar-refractivity contribution in [1.29, 1.82) is 0 Å². The van der Waals surface area contributed by atoms with Crippen molar-refractivity contribution in [2.24, 2.45) is 0 Å². The molecule has 75 heavy (non-hydrogen) atoms. The van der Waals surface area contributed by atoms with Gasteiger partial charge in [0.25, 0.3) is 0 Å². The molecule has 1 aliphatic rings. The van der Waals surface area contributed by atoms with Gasteiger partial charge < -0.3 is 9.47 Å². The van der Waals surface area contributed by atoms with Gasteiger partial charge in [0, 0.05) is 33.4 Å². The first kappa shape index (κ1) is 45.9. The van der Waals surface area contributed by atoms with Crippen LogP contribution in [0.25, 0.3) is 72.0 Å². The molecular formula is C73H58N2. The molecule has 360 valence electrons. The Morgan fingerprint density at radius 3 is 1.36 bits per heavy atom.